The molecule has 13 heteroatoms. The van der Waals surface area contributed by atoms with Crippen molar-refractivity contribution >= 4 is 23.8 Å². The normalized spacial score (nSPS) is 12.2. The van der Waals surface area contributed by atoms with Crippen LogP contribution < -0.4 is 19.5 Å². The van der Waals surface area contributed by atoms with Crippen LogP contribution in [0, 0.1) is 5.82 Å². The van der Waals surface area contributed by atoms with Crippen molar-refractivity contribution < 1.29 is 52.4 Å². The van der Waals surface area contributed by atoms with Crippen LogP contribution in [-0.4, -0.2) is 54.8 Å². The monoisotopic (exact) mass is 694 g/mol. The van der Waals surface area contributed by atoms with Crippen LogP contribution in [0.1, 0.15) is 42.2 Å². The van der Waals surface area contributed by atoms with Crippen LogP contribution >= 0.6 is 0 Å². The van der Waals surface area contributed by atoms with E-state index in [0.29, 0.717) is 5.75 Å². The lowest BCUT2D eigenvalue weighted by Crippen LogP contribution is -2.28. The van der Waals surface area contributed by atoms with Gasteiger partial charge in [-0.15, -0.1) is 0 Å². The Balaban J connectivity index is 1.35. The molecular weight excluding hydrogens is 663 g/mol. The number of nitrogens with zero attached hydrogens (tertiary/aromatic N) is 1. The number of amides is 2. The largest absolute Gasteiger partial charge is 0.497 e. The van der Waals surface area contributed by atoms with Gasteiger partial charge in [0.25, 0.3) is 5.91 Å². The van der Waals surface area contributed by atoms with E-state index in [-0.39, 0.29) is 58.6 Å². The van der Waals surface area contributed by atoms with Gasteiger partial charge in [-0.2, -0.15) is 0 Å². The Kier molecular flexibility index (Phi) is 11.6. The highest BCUT2D eigenvalue weighted by molar-refractivity contribution is 6.11. The number of rotatable bonds is 13. The van der Waals surface area contributed by atoms with Crippen molar-refractivity contribution in [3.05, 3.63) is 161 Å². The first-order valence-electron chi connectivity index (χ1n) is 15.2. The van der Waals surface area contributed by atoms with Gasteiger partial charge in [-0.05, 0) is 66.2 Å². The molecule has 5 rings (SSSR count). The van der Waals surface area contributed by atoms with Crippen LogP contribution in [0.5, 0.6) is 17.2 Å². The minimum atomic E-state index is -1.40. The summed E-state index contributed by atoms with van der Waals surface area (Å²) in [4.78, 5) is 52.8. The predicted octanol–water partition coefficient (Wildman–Crippen LogP) is 6.45. The van der Waals surface area contributed by atoms with Crippen molar-refractivity contribution in [1.82, 2.24) is 10.2 Å². The van der Waals surface area contributed by atoms with Crippen LogP contribution in [-0.2, 0) is 16.1 Å². The van der Waals surface area contributed by atoms with Crippen molar-refractivity contribution in [2.45, 2.75) is 6.61 Å². The Morgan fingerprint density at radius 1 is 0.824 bits per heavy atom. The summed E-state index contributed by atoms with van der Waals surface area (Å²) in [6.07, 6.45) is 3.35. The molecule has 0 atom stereocenters. The second-order valence-electron chi connectivity index (χ2n) is 10.7. The topological polar surface area (TPSA) is 150 Å². The summed E-state index contributed by atoms with van der Waals surface area (Å²) in [7, 11) is 2.91. The molecule has 0 aliphatic carbocycles. The van der Waals surface area contributed by atoms with E-state index in [1.54, 1.807) is 12.1 Å². The van der Waals surface area contributed by atoms with E-state index in [4.69, 9.17) is 23.7 Å². The molecule has 2 N–H and O–H groups in total. The molecule has 1 aliphatic rings. The van der Waals surface area contributed by atoms with Crippen LogP contribution in [0.2, 0.25) is 0 Å². The van der Waals surface area contributed by atoms with Crippen LogP contribution in [0.25, 0.3) is 0 Å². The lowest BCUT2D eigenvalue weighted by atomic mass is 10.0. The lowest BCUT2D eigenvalue weighted by molar-refractivity contribution is 0.0502. The number of carbonyl (C=O) groups excluding carboxylic acids is 3. The van der Waals surface area contributed by atoms with Crippen LogP contribution in [0.3, 0.4) is 0 Å². The zero-order valence-corrected chi connectivity index (χ0v) is 27.3. The maximum Gasteiger partial charge on any atom is 0.415 e. The lowest BCUT2D eigenvalue weighted by Gasteiger charge is -2.17. The standard InChI is InChI=1S/C38H31FN2O10/c1-47-23-50-32-17-15-28(48-2)20-29(32)35(42)25-10-12-26(13-11-25)37(44)51-34-9-6-18-41(38(45)46)21-31(34)40-36(43)30-19-27(39)14-16-33(30)49-22-24-7-4-3-5-8-24/h3-21H,22-23H2,1-2H3,(H,40,43)(H,45,46). The van der Waals surface area contributed by atoms with Gasteiger partial charge in [0.05, 0.1) is 23.8 Å². The second-order valence-corrected chi connectivity index (χ2v) is 10.7. The third kappa shape index (κ3) is 9.04. The number of benzene rings is 4. The van der Waals surface area contributed by atoms with Crippen molar-refractivity contribution in [2.75, 3.05) is 21.0 Å². The molecule has 4 aromatic rings. The number of hydrogen-bond donors (Lipinski definition) is 2. The molecule has 260 valence electrons. The molecule has 1 heterocycles. The van der Waals surface area contributed by atoms with E-state index >= 15 is 0 Å². The van der Waals surface area contributed by atoms with E-state index in [1.807, 2.05) is 30.3 Å². The molecule has 0 fully saturated rings. The highest BCUT2D eigenvalue weighted by Crippen LogP contribution is 2.28. The summed E-state index contributed by atoms with van der Waals surface area (Å²) in [5.74, 6) is -2.36. The van der Waals surface area contributed by atoms with E-state index in [1.165, 1.54) is 62.8 Å². The van der Waals surface area contributed by atoms with Crippen molar-refractivity contribution in [3.8, 4) is 17.2 Å². The summed E-state index contributed by atoms with van der Waals surface area (Å²) < 4.78 is 41.5. The average molecular weight is 695 g/mol. The first-order chi connectivity index (χ1) is 24.7. The fourth-order valence-corrected chi connectivity index (χ4v) is 4.72. The highest BCUT2D eigenvalue weighted by Gasteiger charge is 2.23. The maximum absolute atomic E-state index is 14.3. The minimum absolute atomic E-state index is 0.0321. The van der Waals surface area contributed by atoms with Gasteiger partial charge in [0, 0.05) is 25.1 Å². The zero-order chi connectivity index (χ0) is 36.3. The van der Waals surface area contributed by atoms with Crippen LogP contribution in [0.15, 0.2) is 127 Å². The Morgan fingerprint density at radius 2 is 1.53 bits per heavy atom. The fraction of sp³-hybridized carbons (Fsp3) is 0.105. The summed E-state index contributed by atoms with van der Waals surface area (Å²) >= 11 is 0. The molecule has 12 nitrogen and oxygen atoms in total. The van der Waals surface area contributed by atoms with Crippen molar-refractivity contribution in [2.24, 2.45) is 0 Å². The highest BCUT2D eigenvalue weighted by atomic mass is 19.1. The molecule has 0 spiro atoms. The quantitative estimate of drug-likeness (QED) is 0.0909. The number of nitrogens with one attached hydrogen (secondary N) is 1. The number of carboxylic acid groups (broad SMARTS) is 1. The Labute approximate surface area is 291 Å². The second kappa shape index (κ2) is 16.6. The third-order valence-electron chi connectivity index (χ3n) is 7.27. The molecule has 0 radical (unpaired) electrons. The predicted molar refractivity (Wildman–Crippen MR) is 181 cm³/mol. The number of carbonyl (C=O) groups is 4. The molecule has 0 aromatic heterocycles. The van der Waals surface area contributed by atoms with Gasteiger partial charge in [-0.1, -0.05) is 42.5 Å². The first-order valence-corrected chi connectivity index (χ1v) is 15.2. The number of methoxy groups -OCH3 is 2. The fourth-order valence-electron chi connectivity index (χ4n) is 4.72. The van der Waals surface area contributed by atoms with Gasteiger partial charge < -0.3 is 34.1 Å². The molecule has 51 heavy (non-hydrogen) atoms. The molecule has 0 bridgehead atoms. The molecular formula is C38H31FN2O10. The summed E-state index contributed by atoms with van der Waals surface area (Å²) in [5, 5.41) is 12.2. The van der Waals surface area contributed by atoms with Gasteiger partial charge in [0.15, 0.2) is 18.3 Å². The zero-order valence-electron chi connectivity index (χ0n) is 27.3. The van der Waals surface area contributed by atoms with Crippen LogP contribution in [0.4, 0.5) is 9.18 Å². The summed E-state index contributed by atoms with van der Waals surface area (Å²) in [6.45, 7) is -0.00338. The summed E-state index contributed by atoms with van der Waals surface area (Å²) in [6, 6.07) is 22.8. The van der Waals surface area contributed by atoms with Gasteiger partial charge in [0.1, 0.15) is 35.4 Å². The minimum Gasteiger partial charge on any atom is -0.497 e. The van der Waals surface area contributed by atoms with E-state index < -0.39 is 29.6 Å². The van der Waals surface area contributed by atoms with Crippen molar-refractivity contribution in [1.29, 1.82) is 0 Å². The first kappa shape index (κ1) is 35.6. The Hall–Kier alpha value is -6.73. The number of esters is 1. The summed E-state index contributed by atoms with van der Waals surface area (Å²) in [5.41, 5.74) is 0.848. The van der Waals surface area contributed by atoms with E-state index in [0.717, 1.165) is 35.0 Å². The molecule has 0 saturated heterocycles. The number of halogens is 1. The maximum atomic E-state index is 14.3. The van der Waals surface area contributed by atoms with Gasteiger partial charge in [0.2, 0.25) is 0 Å². The average Bonchev–Trinajstić information content (AvgIpc) is 3.35. The smallest absolute Gasteiger partial charge is 0.415 e. The van der Waals surface area contributed by atoms with Gasteiger partial charge in [-0.3, -0.25) is 14.5 Å². The number of hydrogen-bond acceptors (Lipinski definition) is 9. The number of ether oxygens (including phenoxy) is 5. The van der Waals surface area contributed by atoms with E-state index in [2.05, 4.69) is 5.32 Å². The molecule has 1 aliphatic heterocycles. The molecule has 2 amide bonds. The molecule has 0 unspecified atom stereocenters. The van der Waals surface area contributed by atoms with Gasteiger partial charge >= 0.3 is 12.1 Å². The van der Waals surface area contributed by atoms with Crippen molar-refractivity contribution in [3.63, 3.8) is 0 Å². The Bertz CT molecular complexity index is 2020. The Morgan fingerprint density at radius 3 is 2.24 bits per heavy atom. The number of allylic oxidation sites excluding steroid dienone is 2. The van der Waals surface area contributed by atoms with E-state index in [9.17, 15) is 28.7 Å². The SMILES string of the molecule is COCOc1ccc(OC)cc1C(=O)c1ccc(C(=O)OC2=CC=CN(C(=O)O)C=C2NC(=O)c2cc(F)ccc2OCc2ccccc2)cc1. The molecule has 4 aromatic carbocycles. The molecule has 0 saturated carbocycles. The third-order valence-corrected chi connectivity index (χ3v) is 7.27. The number of ketones is 1. The van der Waals surface area contributed by atoms with Gasteiger partial charge in [-0.25, -0.2) is 14.0 Å².